The molecule has 1 unspecified atom stereocenters. The van der Waals surface area contributed by atoms with E-state index >= 15 is 0 Å². The molecule has 3 heterocycles. The minimum Gasteiger partial charge on any atom is -0.369 e. The lowest BCUT2D eigenvalue weighted by atomic mass is 9.91. The normalized spacial score (nSPS) is 16.6. The first-order valence-corrected chi connectivity index (χ1v) is 16.4. The second kappa shape index (κ2) is 15.0. The van der Waals surface area contributed by atoms with Gasteiger partial charge in [0, 0.05) is 71.9 Å². The van der Waals surface area contributed by atoms with Crippen LogP contribution in [0.1, 0.15) is 46.3 Å². The molecule has 1 aromatic heterocycles. The molecule has 1 saturated heterocycles. The maximum absolute atomic E-state index is 13.2. The van der Waals surface area contributed by atoms with Crippen LogP contribution >= 0.6 is 11.6 Å². The van der Waals surface area contributed by atoms with Gasteiger partial charge in [0.05, 0.1) is 0 Å². The first kappa shape index (κ1) is 33.2. The predicted octanol–water partition coefficient (Wildman–Crippen LogP) is 5.85. The molecule has 0 spiro atoms. The van der Waals surface area contributed by atoms with Crippen LogP contribution in [0.3, 0.4) is 0 Å². The van der Waals surface area contributed by atoms with Gasteiger partial charge in [0.2, 0.25) is 11.8 Å². The van der Waals surface area contributed by atoms with E-state index in [-0.39, 0.29) is 23.6 Å². The third-order valence-electron chi connectivity index (χ3n) is 9.05. The predicted molar refractivity (Wildman–Crippen MR) is 185 cm³/mol. The highest BCUT2D eigenvalue weighted by molar-refractivity contribution is 6.30. The average molecular weight is 642 g/mol. The van der Waals surface area contributed by atoms with Crippen LogP contribution < -0.4 is 10.6 Å². The molecule has 0 radical (unpaired) electrons. The molecule has 1 atom stereocenters. The second-order valence-electron chi connectivity index (χ2n) is 12.8. The van der Waals surface area contributed by atoms with Gasteiger partial charge in [-0.05, 0) is 99.6 Å². The third-order valence-corrected chi connectivity index (χ3v) is 9.28. The summed E-state index contributed by atoms with van der Waals surface area (Å²) < 4.78 is 0. The second-order valence-corrected chi connectivity index (χ2v) is 13.2. The summed E-state index contributed by atoms with van der Waals surface area (Å²) in [5.41, 5.74) is 11.5. The number of fused-ring (bicyclic) bond motifs is 2. The summed E-state index contributed by atoms with van der Waals surface area (Å²) in [4.78, 5) is 45.8. The van der Waals surface area contributed by atoms with Crippen molar-refractivity contribution in [1.29, 1.82) is 0 Å². The number of primary amides is 1. The van der Waals surface area contributed by atoms with Gasteiger partial charge in [-0.1, -0.05) is 48.0 Å². The van der Waals surface area contributed by atoms with Crippen LogP contribution in [-0.4, -0.2) is 72.8 Å². The summed E-state index contributed by atoms with van der Waals surface area (Å²) in [5.74, 6) is 0.315. The molecule has 2 aliphatic rings. The van der Waals surface area contributed by atoms with Crippen molar-refractivity contribution in [3.8, 4) is 0 Å². The molecule has 0 bridgehead atoms. The maximum Gasteiger partial charge on any atom is 0.254 e. The number of halogens is 1. The number of nitrogens with zero attached hydrogens (tertiary/aromatic N) is 3. The molecule has 0 saturated carbocycles. The molecule has 46 heavy (non-hydrogen) atoms. The number of para-hydroxylation sites is 1. The molecular formula is C37H44ClN5O3. The summed E-state index contributed by atoms with van der Waals surface area (Å²) in [7, 11) is 4.16. The fourth-order valence-corrected chi connectivity index (χ4v) is 6.85. The van der Waals surface area contributed by atoms with Gasteiger partial charge < -0.3 is 25.4 Å². The first-order valence-electron chi connectivity index (χ1n) is 16.0. The lowest BCUT2D eigenvalue weighted by Gasteiger charge is -2.36. The Bertz CT molecular complexity index is 1690. The van der Waals surface area contributed by atoms with Gasteiger partial charge in [-0.25, -0.2) is 0 Å². The van der Waals surface area contributed by atoms with Gasteiger partial charge in [-0.3, -0.25) is 14.4 Å². The smallest absolute Gasteiger partial charge is 0.254 e. The minimum atomic E-state index is -0.252. The number of H-pyrrole nitrogens is 1. The van der Waals surface area contributed by atoms with E-state index in [2.05, 4.69) is 36.1 Å². The average Bonchev–Trinajstić information content (AvgIpc) is 3.46. The van der Waals surface area contributed by atoms with E-state index in [1.54, 1.807) is 0 Å². The number of hydrogen-bond acceptors (Lipinski definition) is 4. The van der Waals surface area contributed by atoms with E-state index in [0.717, 1.165) is 53.3 Å². The number of amides is 3. The quantitative estimate of drug-likeness (QED) is 0.264. The number of benzene rings is 3. The van der Waals surface area contributed by atoms with Crippen LogP contribution in [0.15, 0.2) is 72.9 Å². The summed E-state index contributed by atoms with van der Waals surface area (Å²) in [6, 6.07) is 21.7. The molecule has 3 amide bonds. The summed E-state index contributed by atoms with van der Waals surface area (Å²) in [6.45, 7) is 4.88. The Balaban J connectivity index is 0.000000200. The van der Waals surface area contributed by atoms with Crippen molar-refractivity contribution in [3.05, 3.63) is 100 Å². The zero-order valence-corrected chi connectivity index (χ0v) is 27.7. The van der Waals surface area contributed by atoms with Crippen molar-refractivity contribution < 1.29 is 14.4 Å². The lowest BCUT2D eigenvalue weighted by molar-refractivity contribution is -0.123. The van der Waals surface area contributed by atoms with Crippen molar-refractivity contribution in [2.75, 3.05) is 45.2 Å². The van der Waals surface area contributed by atoms with Crippen LogP contribution in [0.4, 0.5) is 5.69 Å². The van der Waals surface area contributed by atoms with Crippen LogP contribution in [0.25, 0.3) is 10.9 Å². The number of rotatable bonds is 7. The SMILES string of the molecule is CN(C)CC1Cc2cc(Cl)ccc2N(C(=O)CCc2c[nH]c3ccccc23)C1.Cc1ccccc1C(=O)N1CCC(C(N)=O)CC1. The Labute approximate surface area is 276 Å². The molecule has 6 rings (SSSR count). The molecule has 242 valence electrons. The molecule has 3 aromatic carbocycles. The number of aryl methyl sites for hydroxylation is 2. The molecule has 0 aliphatic carbocycles. The van der Waals surface area contributed by atoms with Crippen molar-refractivity contribution in [1.82, 2.24) is 14.8 Å². The summed E-state index contributed by atoms with van der Waals surface area (Å²) in [5, 5.41) is 1.93. The number of aromatic amines is 1. The highest BCUT2D eigenvalue weighted by Gasteiger charge is 2.29. The van der Waals surface area contributed by atoms with Crippen molar-refractivity contribution in [3.63, 3.8) is 0 Å². The largest absolute Gasteiger partial charge is 0.369 e. The van der Waals surface area contributed by atoms with E-state index < -0.39 is 0 Å². The zero-order chi connectivity index (χ0) is 32.8. The van der Waals surface area contributed by atoms with E-state index in [9.17, 15) is 14.4 Å². The minimum absolute atomic E-state index is 0.0519. The van der Waals surface area contributed by atoms with Crippen molar-refractivity contribution in [2.45, 2.75) is 39.0 Å². The molecule has 1 fully saturated rings. The zero-order valence-electron chi connectivity index (χ0n) is 27.0. The molecule has 9 heteroatoms. The van der Waals surface area contributed by atoms with Crippen LogP contribution in [0.5, 0.6) is 0 Å². The number of hydrogen-bond donors (Lipinski definition) is 2. The van der Waals surface area contributed by atoms with Crippen molar-refractivity contribution >= 4 is 45.9 Å². The number of carbonyl (C=O) groups is 3. The van der Waals surface area contributed by atoms with Crippen LogP contribution in [-0.2, 0) is 22.4 Å². The third kappa shape index (κ3) is 7.98. The van der Waals surface area contributed by atoms with E-state index in [1.165, 1.54) is 16.5 Å². The molecular weight excluding hydrogens is 598 g/mol. The molecule has 3 N–H and O–H groups in total. The van der Waals surface area contributed by atoms with E-state index in [0.29, 0.717) is 38.3 Å². The fourth-order valence-electron chi connectivity index (χ4n) is 6.65. The Morgan fingerprint density at radius 1 is 1.00 bits per heavy atom. The van der Waals surface area contributed by atoms with Gasteiger partial charge in [-0.15, -0.1) is 0 Å². The number of anilines is 1. The number of piperidine rings is 1. The van der Waals surface area contributed by atoms with Crippen molar-refractivity contribution in [2.24, 2.45) is 17.6 Å². The number of nitrogens with two attached hydrogens (primary N) is 1. The van der Waals surface area contributed by atoms with E-state index in [1.807, 2.05) is 77.5 Å². The number of aromatic nitrogens is 1. The van der Waals surface area contributed by atoms with Gasteiger partial charge in [0.1, 0.15) is 0 Å². The maximum atomic E-state index is 13.2. The Morgan fingerprint density at radius 2 is 1.72 bits per heavy atom. The van der Waals surface area contributed by atoms with Gasteiger partial charge in [-0.2, -0.15) is 0 Å². The highest BCUT2D eigenvalue weighted by atomic mass is 35.5. The Kier molecular flexibility index (Phi) is 10.8. The summed E-state index contributed by atoms with van der Waals surface area (Å²) in [6.07, 6.45) is 5.57. The van der Waals surface area contributed by atoms with E-state index in [4.69, 9.17) is 17.3 Å². The fraction of sp³-hybridized carbons (Fsp3) is 0.378. The standard InChI is InChI=1S/C23H26ClN3O.C14H18N2O2/c1-26(2)14-16-11-18-12-19(24)8-9-22(18)27(15-16)23(28)10-7-17-13-25-21-6-4-3-5-20(17)21;1-10-4-2-3-5-12(10)14(18)16-8-6-11(7-9-16)13(15)17/h3-6,8-9,12-13,16,25H,7,10-11,14-15H2,1-2H3;2-5,11H,6-9H2,1H3,(H2,15,17). The molecule has 4 aromatic rings. The lowest BCUT2D eigenvalue weighted by Crippen LogP contribution is -2.43. The monoisotopic (exact) mass is 641 g/mol. The number of carbonyl (C=O) groups excluding carboxylic acids is 3. The number of nitrogens with one attached hydrogen (secondary N) is 1. The topological polar surface area (TPSA) is 103 Å². The number of likely N-dealkylation sites (tertiary alicyclic amines) is 1. The Morgan fingerprint density at radius 3 is 2.43 bits per heavy atom. The van der Waals surface area contributed by atoms with Gasteiger partial charge in [0.25, 0.3) is 5.91 Å². The van der Waals surface area contributed by atoms with Gasteiger partial charge >= 0.3 is 0 Å². The van der Waals surface area contributed by atoms with Crippen LogP contribution in [0.2, 0.25) is 5.02 Å². The first-order chi connectivity index (χ1) is 22.1. The highest BCUT2D eigenvalue weighted by Crippen LogP contribution is 2.33. The molecule has 8 nitrogen and oxygen atoms in total. The Hall–Kier alpha value is -4.14. The van der Waals surface area contributed by atoms with Gasteiger partial charge in [0.15, 0.2) is 0 Å². The van der Waals surface area contributed by atoms with Crippen LogP contribution in [0, 0.1) is 18.8 Å². The molecule has 2 aliphatic heterocycles. The summed E-state index contributed by atoms with van der Waals surface area (Å²) >= 11 is 6.22.